The Morgan fingerprint density at radius 2 is 2.00 bits per heavy atom. The molecule has 0 atom stereocenters. The van der Waals surface area contributed by atoms with Crippen LogP contribution in [0.15, 0.2) is 0 Å². The normalized spacial score (nSPS) is 18.8. The summed E-state index contributed by atoms with van der Waals surface area (Å²) in [7, 11) is 1.85. The molecule has 0 aliphatic heterocycles. The maximum atomic E-state index is 12.5. The number of hydrogen-bond acceptors (Lipinski definition) is 2. The zero-order valence-electron chi connectivity index (χ0n) is 10.7. The largest absolute Gasteiger partial charge is 0.392 e. The second kappa shape index (κ2) is 4.32. The lowest BCUT2D eigenvalue weighted by Crippen LogP contribution is -2.58. The third kappa shape index (κ3) is 1.95. The summed E-state index contributed by atoms with van der Waals surface area (Å²) >= 11 is 5.07. The Balaban J connectivity index is 2.89. The first kappa shape index (κ1) is 13.4. The van der Waals surface area contributed by atoms with Crippen LogP contribution in [0.3, 0.4) is 0 Å². The molecule has 0 spiro atoms. The highest BCUT2D eigenvalue weighted by Gasteiger charge is 2.49. The standard InChI is InChI=1S/C12H22N2OS/c1-5-11(2,3)14(4)10(15)12(9(13)16)7-6-8-12/h5-8H2,1-4H3,(H2,13,16). The van der Waals surface area contributed by atoms with E-state index in [0.717, 1.165) is 25.7 Å². The molecule has 0 bridgehead atoms. The van der Waals surface area contributed by atoms with Gasteiger partial charge in [0.15, 0.2) is 0 Å². The summed E-state index contributed by atoms with van der Waals surface area (Å²) in [6, 6.07) is 0. The van der Waals surface area contributed by atoms with Gasteiger partial charge in [-0.25, -0.2) is 0 Å². The summed E-state index contributed by atoms with van der Waals surface area (Å²) < 4.78 is 0. The van der Waals surface area contributed by atoms with Crippen molar-refractivity contribution in [2.75, 3.05) is 7.05 Å². The SMILES string of the molecule is CCC(C)(C)N(C)C(=O)C1(C(N)=S)CCC1. The van der Waals surface area contributed by atoms with Crippen molar-refractivity contribution in [1.29, 1.82) is 0 Å². The molecule has 0 saturated heterocycles. The minimum Gasteiger partial charge on any atom is -0.392 e. The van der Waals surface area contributed by atoms with Crippen LogP contribution in [0.4, 0.5) is 0 Å². The average molecular weight is 242 g/mol. The predicted octanol–water partition coefficient (Wildman–Crippen LogP) is 2.09. The molecular formula is C12H22N2OS. The zero-order valence-corrected chi connectivity index (χ0v) is 11.5. The number of carbonyl (C=O) groups is 1. The molecule has 1 fully saturated rings. The number of nitrogens with two attached hydrogens (primary N) is 1. The number of thiocarbonyl (C=S) groups is 1. The summed E-state index contributed by atoms with van der Waals surface area (Å²) in [5, 5.41) is 0. The van der Waals surface area contributed by atoms with E-state index in [9.17, 15) is 4.79 Å². The highest BCUT2D eigenvalue weighted by molar-refractivity contribution is 7.80. The Morgan fingerprint density at radius 1 is 1.50 bits per heavy atom. The van der Waals surface area contributed by atoms with Crippen LogP contribution >= 0.6 is 12.2 Å². The molecule has 1 aliphatic carbocycles. The van der Waals surface area contributed by atoms with Crippen molar-refractivity contribution in [3.05, 3.63) is 0 Å². The molecule has 4 heteroatoms. The molecule has 0 unspecified atom stereocenters. The van der Waals surface area contributed by atoms with E-state index in [1.54, 1.807) is 0 Å². The molecule has 2 N–H and O–H groups in total. The molecular weight excluding hydrogens is 220 g/mol. The van der Waals surface area contributed by atoms with Crippen molar-refractivity contribution >= 4 is 23.1 Å². The van der Waals surface area contributed by atoms with E-state index in [-0.39, 0.29) is 11.4 Å². The van der Waals surface area contributed by atoms with Crippen molar-refractivity contribution in [3.8, 4) is 0 Å². The van der Waals surface area contributed by atoms with Crippen LogP contribution in [0.2, 0.25) is 0 Å². The minimum atomic E-state index is -0.545. The predicted molar refractivity (Wildman–Crippen MR) is 70.2 cm³/mol. The Morgan fingerprint density at radius 3 is 2.25 bits per heavy atom. The number of nitrogens with zero attached hydrogens (tertiary/aromatic N) is 1. The smallest absolute Gasteiger partial charge is 0.235 e. The Bertz CT molecular complexity index is 308. The molecule has 3 nitrogen and oxygen atoms in total. The summed E-state index contributed by atoms with van der Waals surface area (Å²) in [6.45, 7) is 6.21. The molecule has 0 aromatic carbocycles. The van der Waals surface area contributed by atoms with Gasteiger partial charge in [-0.3, -0.25) is 4.79 Å². The lowest BCUT2D eigenvalue weighted by atomic mass is 9.67. The van der Waals surface area contributed by atoms with Crippen LogP contribution in [0.5, 0.6) is 0 Å². The third-order valence-corrected chi connectivity index (χ3v) is 4.56. The van der Waals surface area contributed by atoms with Crippen molar-refractivity contribution in [2.45, 2.75) is 52.0 Å². The Kier molecular flexibility index (Phi) is 3.62. The first-order valence-corrected chi connectivity index (χ1v) is 6.27. The van der Waals surface area contributed by atoms with Crippen LogP contribution in [0.25, 0.3) is 0 Å². The molecule has 0 aromatic heterocycles. The lowest BCUT2D eigenvalue weighted by molar-refractivity contribution is -0.145. The van der Waals surface area contributed by atoms with E-state index in [2.05, 4.69) is 20.8 Å². The van der Waals surface area contributed by atoms with Gasteiger partial charge in [-0.15, -0.1) is 0 Å². The Hall–Kier alpha value is -0.640. The highest BCUT2D eigenvalue weighted by atomic mass is 32.1. The number of hydrogen-bond donors (Lipinski definition) is 1. The van der Waals surface area contributed by atoms with Gasteiger partial charge in [0.1, 0.15) is 0 Å². The molecule has 0 aromatic rings. The van der Waals surface area contributed by atoms with Crippen LogP contribution in [0.1, 0.15) is 46.5 Å². The van der Waals surface area contributed by atoms with E-state index in [1.165, 1.54) is 0 Å². The maximum Gasteiger partial charge on any atom is 0.235 e. The van der Waals surface area contributed by atoms with Gasteiger partial charge in [0.25, 0.3) is 0 Å². The van der Waals surface area contributed by atoms with E-state index in [1.807, 2.05) is 11.9 Å². The summed E-state index contributed by atoms with van der Waals surface area (Å²) in [4.78, 5) is 14.6. The van der Waals surface area contributed by atoms with E-state index in [4.69, 9.17) is 18.0 Å². The van der Waals surface area contributed by atoms with E-state index in [0.29, 0.717) is 4.99 Å². The van der Waals surface area contributed by atoms with Gasteiger partial charge in [0.2, 0.25) is 5.91 Å². The van der Waals surface area contributed by atoms with Crippen molar-refractivity contribution in [2.24, 2.45) is 11.1 Å². The van der Waals surface area contributed by atoms with E-state index >= 15 is 0 Å². The van der Waals surface area contributed by atoms with E-state index < -0.39 is 5.41 Å². The van der Waals surface area contributed by atoms with Crippen molar-refractivity contribution < 1.29 is 4.79 Å². The fraction of sp³-hybridized carbons (Fsp3) is 0.833. The van der Waals surface area contributed by atoms with Gasteiger partial charge in [-0.2, -0.15) is 0 Å². The molecule has 0 heterocycles. The van der Waals surface area contributed by atoms with Gasteiger partial charge in [-0.05, 0) is 33.1 Å². The molecule has 0 radical (unpaired) electrons. The van der Waals surface area contributed by atoms with Gasteiger partial charge in [0, 0.05) is 12.6 Å². The first-order valence-electron chi connectivity index (χ1n) is 5.86. The molecule has 92 valence electrons. The topological polar surface area (TPSA) is 46.3 Å². The van der Waals surface area contributed by atoms with Crippen LogP contribution in [0, 0.1) is 5.41 Å². The van der Waals surface area contributed by atoms with Crippen molar-refractivity contribution in [1.82, 2.24) is 4.90 Å². The number of rotatable bonds is 4. The van der Waals surface area contributed by atoms with Crippen LogP contribution in [-0.2, 0) is 4.79 Å². The second-order valence-corrected chi connectivity index (χ2v) is 5.77. The molecule has 1 saturated carbocycles. The summed E-state index contributed by atoms with van der Waals surface area (Å²) in [6.07, 6.45) is 3.59. The number of amides is 1. The molecule has 1 aliphatic rings. The highest BCUT2D eigenvalue weighted by Crippen LogP contribution is 2.43. The summed E-state index contributed by atoms with van der Waals surface area (Å²) in [5.74, 6) is 0.0955. The minimum absolute atomic E-state index is 0.0955. The first-order chi connectivity index (χ1) is 7.28. The Labute approximate surface area is 103 Å². The average Bonchev–Trinajstić information content (AvgIpc) is 2.14. The zero-order chi connectivity index (χ0) is 12.6. The van der Waals surface area contributed by atoms with Gasteiger partial charge in [0.05, 0.1) is 10.4 Å². The molecule has 16 heavy (non-hydrogen) atoms. The van der Waals surface area contributed by atoms with Crippen molar-refractivity contribution in [3.63, 3.8) is 0 Å². The molecule has 1 amide bonds. The summed E-state index contributed by atoms with van der Waals surface area (Å²) in [5.41, 5.74) is 5.06. The maximum absolute atomic E-state index is 12.5. The van der Waals surface area contributed by atoms with Gasteiger partial charge < -0.3 is 10.6 Å². The van der Waals surface area contributed by atoms with Crippen LogP contribution in [-0.4, -0.2) is 28.4 Å². The van der Waals surface area contributed by atoms with Crippen LogP contribution < -0.4 is 5.73 Å². The van der Waals surface area contributed by atoms with Gasteiger partial charge >= 0.3 is 0 Å². The number of carbonyl (C=O) groups excluding carboxylic acids is 1. The second-order valence-electron chi connectivity index (χ2n) is 5.33. The quantitative estimate of drug-likeness (QED) is 0.768. The van der Waals surface area contributed by atoms with Gasteiger partial charge in [-0.1, -0.05) is 25.6 Å². The third-order valence-electron chi connectivity index (χ3n) is 4.17. The molecule has 1 rings (SSSR count). The lowest BCUT2D eigenvalue weighted by Gasteiger charge is -2.46. The fourth-order valence-corrected chi connectivity index (χ4v) is 2.22. The fourth-order valence-electron chi connectivity index (χ4n) is 1.93. The monoisotopic (exact) mass is 242 g/mol.